The van der Waals surface area contributed by atoms with Gasteiger partial charge in [-0.2, -0.15) is 0 Å². The molecule has 3 rings (SSSR count). The average Bonchev–Trinajstić information content (AvgIpc) is 3.28. The minimum Gasteiger partial charge on any atom is -0.356 e. The third-order valence-electron chi connectivity index (χ3n) is 3.40. The first-order chi connectivity index (χ1) is 11.7. The second-order valence-corrected chi connectivity index (χ2v) is 7.99. The summed E-state index contributed by atoms with van der Waals surface area (Å²) in [7, 11) is 0. The van der Waals surface area contributed by atoms with Crippen molar-refractivity contribution >= 4 is 44.5 Å². The summed E-state index contributed by atoms with van der Waals surface area (Å²) in [4.78, 5) is 21.7. The van der Waals surface area contributed by atoms with E-state index in [9.17, 15) is 4.79 Å². The topological polar surface area (TPSA) is 59.8 Å². The third-order valence-corrected chi connectivity index (χ3v) is 6.15. The summed E-state index contributed by atoms with van der Waals surface area (Å²) in [5, 5.41) is 7.92. The molecule has 0 fully saturated rings. The molecule has 0 unspecified atom stereocenters. The van der Waals surface area contributed by atoms with E-state index in [1.54, 1.807) is 28.9 Å². The molecule has 5 nitrogen and oxygen atoms in total. The number of unbranched alkanes of at least 4 members (excludes halogenated alkanes) is 1. The van der Waals surface area contributed by atoms with Gasteiger partial charge in [-0.3, -0.25) is 4.79 Å². The van der Waals surface area contributed by atoms with E-state index in [0.717, 1.165) is 39.4 Å². The number of carbonyl (C=O) groups excluding carboxylic acids is 1. The summed E-state index contributed by atoms with van der Waals surface area (Å²) in [6, 6.07) is 2.05. The van der Waals surface area contributed by atoms with Crippen LogP contribution in [0.15, 0.2) is 40.0 Å². The second kappa shape index (κ2) is 8.55. The number of halogens is 1. The molecular weight excluding hydrogens is 408 g/mol. The Kier molecular flexibility index (Phi) is 6.17. The van der Waals surface area contributed by atoms with Gasteiger partial charge in [0.15, 0.2) is 0 Å². The molecule has 0 bridgehead atoms. The van der Waals surface area contributed by atoms with Crippen LogP contribution in [-0.4, -0.2) is 27.0 Å². The van der Waals surface area contributed by atoms with E-state index < -0.39 is 0 Å². The van der Waals surface area contributed by atoms with Crippen LogP contribution in [0.25, 0.3) is 9.88 Å². The van der Waals surface area contributed by atoms with E-state index >= 15 is 0 Å². The van der Waals surface area contributed by atoms with Gasteiger partial charge in [0.25, 0.3) is 0 Å². The molecule has 1 amide bonds. The maximum absolute atomic E-state index is 12.0. The molecule has 0 spiro atoms. The molecule has 0 aliphatic rings. The van der Waals surface area contributed by atoms with Crippen LogP contribution in [0.3, 0.4) is 0 Å². The zero-order valence-corrected chi connectivity index (χ0v) is 16.2. The Balaban J connectivity index is 1.38. The number of thiazole rings is 1. The van der Waals surface area contributed by atoms with Crippen LogP contribution in [0.2, 0.25) is 0 Å². The van der Waals surface area contributed by atoms with Crippen molar-refractivity contribution in [3.05, 3.63) is 45.7 Å². The first-order valence-corrected chi connectivity index (χ1v) is 10.2. The normalized spacial score (nSPS) is 10.9. The lowest BCUT2D eigenvalue weighted by Crippen LogP contribution is -2.26. The van der Waals surface area contributed by atoms with E-state index in [0.29, 0.717) is 13.0 Å². The van der Waals surface area contributed by atoms with Gasteiger partial charge in [0.05, 0.1) is 23.3 Å². The van der Waals surface area contributed by atoms with E-state index in [-0.39, 0.29) is 5.91 Å². The van der Waals surface area contributed by atoms with Crippen molar-refractivity contribution in [2.24, 2.45) is 0 Å². The fraction of sp³-hybridized carbons (Fsp3) is 0.312. The molecule has 3 heterocycles. The van der Waals surface area contributed by atoms with Crippen molar-refractivity contribution < 1.29 is 4.79 Å². The van der Waals surface area contributed by atoms with Gasteiger partial charge in [-0.15, -0.1) is 22.7 Å². The smallest absolute Gasteiger partial charge is 0.226 e. The number of carbonyl (C=O) groups is 1. The number of aromatic nitrogens is 3. The van der Waals surface area contributed by atoms with Crippen molar-refractivity contribution in [1.29, 1.82) is 0 Å². The fourth-order valence-electron chi connectivity index (χ4n) is 2.22. The van der Waals surface area contributed by atoms with Crippen LogP contribution >= 0.6 is 38.6 Å². The molecule has 0 aliphatic carbocycles. The van der Waals surface area contributed by atoms with Crippen molar-refractivity contribution in [3.8, 4) is 9.88 Å². The van der Waals surface area contributed by atoms with Crippen LogP contribution in [0.4, 0.5) is 0 Å². The molecule has 8 heteroatoms. The fourth-order valence-corrected chi connectivity index (χ4v) is 4.55. The standard InChI is InChI=1S/C16H17BrN4OS2/c17-12-7-14(23-9-12)16-20-13(10-24-16)8-15(22)19-3-1-2-5-21-6-4-18-11-21/h4,6-7,9-11H,1-3,5,8H2,(H,19,22). The van der Waals surface area contributed by atoms with Crippen LogP contribution in [0.5, 0.6) is 0 Å². The van der Waals surface area contributed by atoms with E-state index in [1.807, 2.05) is 33.9 Å². The number of nitrogens with one attached hydrogen (secondary N) is 1. The molecule has 0 radical (unpaired) electrons. The summed E-state index contributed by atoms with van der Waals surface area (Å²) in [6.07, 6.45) is 7.85. The maximum Gasteiger partial charge on any atom is 0.226 e. The Morgan fingerprint density at radius 1 is 1.29 bits per heavy atom. The van der Waals surface area contributed by atoms with Gasteiger partial charge < -0.3 is 9.88 Å². The van der Waals surface area contributed by atoms with Gasteiger partial charge in [0.2, 0.25) is 5.91 Å². The Bertz CT molecular complexity index is 782. The first-order valence-electron chi connectivity index (χ1n) is 7.62. The first kappa shape index (κ1) is 17.3. The molecule has 0 saturated carbocycles. The molecule has 1 N–H and O–H groups in total. The lowest BCUT2D eigenvalue weighted by atomic mass is 10.3. The molecule has 0 saturated heterocycles. The second-order valence-electron chi connectivity index (χ2n) is 5.31. The molecule has 0 aliphatic heterocycles. The van der Waals surface area contributed by atoms with Gasteiger partial charge >= 0.3 is 0 Å². The lowest BCUT2D eigenvalue weighted by molar-refractivity contribution is -0.120. The largest absolute Gasteiger partial charge is 0.356 e. The van der Waals surface area contributed by atoms with Gasteiger partial charge in [-0.1, -0.05) is 0 Å². The van der Waals surface area contributed by atoms with E-state index in [4.69, 9.17) is 0 Å². The van der Waals surface area contributed by atoms with Gasteiger partial charge in [-0.05, 0) is 34.8 Å². The van der Waals surface area contributed by atoms with Crippen LogP contribution < -0.4 is 5.32 Å². The molecular formula is C16H17BrN4OS2. The van der Waals surface area contributed by atoms with Gasteiger partial charge in [-0.25, -0.2) is 9.97 Å². The highest BCUT2D eigenvalue weighted by molar-refractivity contribution is 9.10. The number of rotatable bonds is 8. The lowest BCUT2D eigenvalue weighted by Gasteiger charge is -2.04. The van der Waals surface area contributed by atoms with Crippen LogP contribution in [0, 0.1) is 0 Å². The van der Waals surface area contributed by atoms with Crippen molar-refractivity contribution in [1.82, 2.24) is 19.9 Å². The van der Waals surface area contributed by atoms with E-state index in [2.05, 4.69) is 31.2 Å². The van der Waals surface area contributed by atoms with Crippen molar-refractivity contribution in [2.45, 2.75) is 25.8 Å². The summed E-state index contributed by atoms with van der Waals surface area (Å²) in [5.74, 6) is 0.0295. The number of imidazole rings is 1. The monoisotopic (exact) mass is 424 g/mol. The molecule has 24 heavy (non-hydrogen) atoms. The third kappa shape index (κ3) is 4.99. The van der Waals surface area contributed by atoms with Crippen molar-refractivity contribution in [3.63, 3.8) is 0 Å². The van der Waals surface area contributed by atoms with Crippen molar-refractivity contribution in [2.75, 3.05) is 6.54 Å². The predicted octanol–water partition coefficient (Wildman–Crippen LogP) is 3.97. The number of amides is 1. The molecule has 0 aromatic carbocycles. The van der Waals surface area contributed by atoms with Gasteiger partial charge in [0, 0.05) is 40.7 Å². The van der Waals surface area contributed by atoms with E-state index in [1.165, 1.54) is 0 Å². The number of nitrogens with zero attached hydrogens (tertiary/aromatic N) is 3. The molecule has 3 aromatic heterocycles. The zero-order chi connectivity index (χ0) is 16.8. The summed E-state index contributed by atoms with van der Waals surface area (Å²) >= 11 is 6.67. The molecule has 0 atom stereocenters. The highest BCUT2D eigenvalue weighted by atomic mass is 79.9. The van der Waals surface area contributed by atoms with Gasteiger partial charge in [0.1, 0.15) is 5.01 Å². The number of hydrogen-bond donors (Lipinski definition) is 1. The average molecular weight is 425 g/mol. The number of aryl methyl sites for hydroxylation is 1. The molecule has 3 aromatic rings. The number of thiophene rings is 1. The minimum absolute atomic E-state index is 0.0295. The molecule has 126 valence electrons. The van der Waals surface area contributed by atoms with Crippen LogP contribution in [-0.2, 0) is 17.8 Å². The SMILES string of the molecule is O=C(Cc1csc(-c2cc(Br)cs2)n1)NCCCCn1ccnc1. The Labute approximate surface area is 156 Å². The quantitative estimate of drug-likeness (QED) is 0.556. The Morgan fingerprint density at radius 2 is 2.21 bits per heavy atom. The maximum atomic E-state index is 12.0. The number of hydrogen-bond acceptors (Lipinski definition) is 5. The summed E-state index contributed by atoms with van der Waals surface area (Å²) in [6.45, 7) is 1.63. The zero-order valence-electron chi connectivity index (χ0n) is 12.9. The summed E-state index contributed by atoms with van der Waals surface area (Å²) in [5.41, 5.74) is 0.829. The minimum atomic E-state index is 0.0295. The Morgan fingerprint density at radius 3 is 2.96 bits per heavy atom. The summed E-state index contributed by atoms with van der Waals surface area (Å²) < 4.78 is 3.11. The highest BCUT2D eigenvalue weighted by Crippen LogP contribution is 2.31. The van der Waals surface area contributed by atoms with Crippen LogP contribution in [0.1, 0.15) is 18.5 Å². The predicted molar refractivity (Wildman–Crippen MR) is 101 cm³/mol. The highest BCUT2D eigenvalue weighted by Gasteiger charge is 2.10. The Hall–Kier alpha value is -1.51.